The van der Waals surface area contributed by atoms with Gasteiger partial charge in [0.2, 0.25) is 15.9 Å². The average molecular weight is 310 g/mol. The first-order valence-corrected chi connectivity index (χ1v) is 8.83. The number of sulfonamides is 1. The minimum Gasteiger partial charge on any atom is -0.310 e. The van der Waals surface area contributed by atoms with Crippen molar-refractivity contribution in [3.8, 4) is 0 Å². The molecule has 1 aliphatic rings. The highest BCUT2D eigenvalue weighted by molar-refractivity contribution is 7.89. The van der Waals surface area contributed by atoms with E-state index in [1.54, 1.807) is 4.90 Å². The van der Waals surface area contributed by atoms with E-state index in [0.717, 1.165) is 35.2 Å². The van der Waals surface area contributed by atoms with Gasteiger partial charge in [0.15, 0.2) is 0 Å². The summed E-state index contributed by atoms with van der Waals surface area (Å²) in [5, 5.41) is 4.40. The molecule has 1 aromatic carbocycles. The summed E-state index contributed by atoms with van der Waals surface area (Å²) >= 11 is 0. The molecule has 0 aliphatic carbocycles. The van der Waals surface area contributed by atoms with E-state index in [4.69, 9.17) is 5.14 Å². The van der Waals surface area contributed by atoms with Crippen LogP contribution in [0.5, 0.6) is 0 Å². The predicted molar refractivity (Wildman–Crippen MR) is 83.8 cm³/mol. The van der Waals surface area contributed by atoms with E-state index in [1.807, 2.05) is 20.8 Å². The van der Waals surface area contributed by atoms with Crippen LogP contribution in [0.4, 0.5) is 5.69 Å². The zero-order valence-corrected chi connectivity index (χ0v) is 13.5. The van der Waals surface area contributed by atoms with Gasteiger partial charge < -0.3 is 4.90 Å². The van der Waals surface area contributed by atoms with Crippen LogP contribution in [0.15, 0.2) is 12.1 Å². The molecule has 1 aliphatic heterocycles. The Morgan fingerprint density at radius 2 is 1.76 bits per heavy atom. The lowest BCUT2D eigenvalue weighted by Gasteiger charge is -2.24. The highest BCUT2D eigenvalue weighted by atomic mass is 32.2. The number of hydrogen-bond acceptors (Lipinski definition) is 3. The normalized spacial score (nSPS) is 19.3. The van der Waals surface area contributed by atoms with Gasteiger partial charge in [-0.25, -0.2) is 13.6 Å². The molecule has 0 saturated carbocycles. The Bertz CT molecular complexity index is 642. The highest BCUT2D eigenvalue weighted by Crippen LogP contribution is 2.32. The van der Waals surface area contributed by atoms with Gasteiger partial charge in [0.1, 0.15) is 5.25 Å². The number of primary sulfonamides is 1. The standard InChI is InChI=1S/C15H22N2O3S/c1-4-11-6-10(3)7-12(5-2)15(11)17-9-13(8-14(17)18)21(16,19)20/h6-7,13H,4-5,8-9H2,1-3H3,(H2,16,19,20). The van der Waals surface area contributed by atoms with E-state index in [9.17, 15) is 13.2 Å². The van der Waals surface area contributed by atoms with Crippen LogP contribution in [0.3, 0.4) is 0 Å². The van der Waals surface area contributed by atoms with Gasteiger partial charge in [0.25, 0.3) is 0 Å². The molecule has 2 N–H and O–H groups in total. The zero-order valence-electron chi connectivity index (χ0n) is 12.7. The molecule has 1 amide bonds. The monoisotopic (exact) mass is 310 g/mol. The lowest BCUT2D eigenvalue weighted by atomic mass is 9.99. The van der Waals surface area contributed by atoms with Crippen molar-refractivity contribution in [3.63, 3.8) is 0 Å². The van der Waals surface area contributed by atoms with Gasteiger partial charge >= 0.3 is 0 Å². The number of nitrogens with two attached hydrogens (primary N) is 1. The van der Waals surface area contributed by atoms with Gasteiger partial charge in [0.05, 0.1) is 5.69 Å². The molecule has 1 aromatic rings. The molecule has 0 aromatic heterocycles. The molecule has 21 heavy (non-hydrogen) atoms. The Morgan fingerprint density at radius 1 is 1.24 bits per heavy atom. The van der Waals surface area contributed by atoms with Gasteiger partial charge in [0, 0.05) is 13.0 Å². The van der Waals surface area contributed by atoms with Gasteiger partial charge in [-0.15, -0.1) is 0 Å². The number of nitrogens with zero attached hydrogens (tertiary/aromatic N) is 1. The second-order valence-corrected chi connectivity index (χ2v) is 7.40. The van der Waals surface area contributed by atoms with Crippen molar-refractivity contribution < 1.29 is 13.2 Å². The molecule has 1 saturated heterocycles. The van der Waals surface area contributed by atoms with Crippen LogP contribution in [-0.4, -0.2) is 26.1 Å². The van der Waals surface area contributed by atoms with Crippen molar-refractivity contribution >= 4 is 21.6 Å². The summed E-state index contributed by atoms with van der Waals surface area (Å²) in [4.78, 5) is 13.9. The summed E-state index contributed by atoms with van der Waals surface area (Å²) in [6.07, 6.45) is 1.57. The van der Waals surface area contributed by atoms with Crippen LogP contribution in [-0.2, 0) is 27.7 Å². The van der Waals surface area contributed by atoms with Crippen molar-refractivity contribution in [1.29, 1.82) is 0 Å². The van der Waals surface area contributed by atoms with Crippen LogP contribution in [0.25, 0.3) is 0 Å². The first-order chi connectivity index (χ1) is 9.77. The quantitative estimate of drug-likeness (QED) is 0.915. The maximum atomic E-state index is 12.3. The number of anilines is 1. The van der Waals surface area contributed by atoms with Crippen molar-refractivity contribution in [2.75, 3.05) is 11.4 Å². The van der Waals surface area contributed by atoms with E-state index >= 15 is 0 Å². The van der Waals surface area contributed by atoms with Crippen LogP contribution in [0, 0.1) is 6.92 Å². The number of hydrogen-bond donors (Lipinski definition) is 1. The Kier molecular flexibility index (Phi) is 4.39. The molecular weight excluding hydrogens is 288 g/mol. The fraction of sp³-hybridized carbons (Fsp3) is 0.533. The maximum absolute atomic E-state index is 12.3. The fourth-order valence-electron chi connectivity index (χ4n) is 2.93. The largest absolute Gasteiger partial charge is 0.310 e. The van der Waals surface area contributed by atoms with E-state index < -0.39 is 15.3 Å². The average Bonchev–Trinajstić information content (AvgIpc) is 2.79. The molecule has 0 spiro atoms. The lowest BCUT2D eigenvalue weighted by Crippen LogP contribution is -2.33. The SMILES string of the molecule is CCc1cc(C)cc(CC)c1N1CC(S(N)(=O)=O)CC1=O. The first kappa shape index (κ1) is 16.0. The molecule has 1 unspecified atom stereocenters. The minimum absolute atomic E-state index is 0.0288. The van der Waals surface area contributed by atoms with Crippen LogP contribution in [0.1, 0.15) is 37.0 Å². The third-order valence-electron chi connectivity index (χ3n) is 4.00. The fourth-order valence-corrected chi connectivity index (χ4v) is 3.66. The van der Waals surface area contributed by atoms with E-state index in [2.05, 4.69) is 12.1 Å². The molecule has 5 nitrogen and oxygen atoms in total. The second-order valence-electron chi connectivity index (χ2n) is 5.56. The van der Waals surface area contributed by atoms with Crippen molar-refractivity contribution in [2.24, 2.45) is 5.14 Å². The number of carbonyl (C=O) groups is 1. The van der Waals surface area contributed by atoms with Crippen molar-refractivity contribution in [3.05, 3.63) is 28.8 Å². The molecule has 116 valence electrons. The van der Waals surface area contributed by atoms with Gasteiger partial charge in [-0.3, -0.25) is 4.79 Å². The minimum atomic E-state index is -3.69. The summed E-state index contributed by atoms with van der Waals surface area (Å²) in [5.74, 6) is -0.165. The zero-order chi connectivity index (χ0) is 15.8. The lowest BCUT2D eigenvalue weighted by molar-refractivity contribution is -0.117. The molecular formula is C15H22N2O3S. The summed E-state index contributed by atoms with van der Waals surface area (Å²) in [7, 11) is -3.69. The molecule has 0 radical (unpaired) electrons. The van der Waals surface area contributed by atoms with E-state index in [1.165, 1.54) is 0 Å². The molecule has 2 rings (SSSR count). The summed E-state index contributed by atoms with van der Waals surface area (Å²) in [5.41, 5.74) is 4.19. The van der Waals surface area contributed by atoms with Crippen molar-refractivity contribution in [2.45, 2.75) is 45.3 Å². The van der Waals surface area contributed by atoms with Crippen LogP contribution < -0.4 is 10.0 Å². The molecule has 1 atom stereocenters. The third kappa shape index (κ3) is 3.11. The Hall–Kier alpha value is -1.40. The molecule has 1 fully saturated rings. The van der Waals surface area contributed by atoms with Gasteiger partial charge in [-0.2, -0.15) is 0 Å². The summed E-state index contributed by atoms with van der Waals surface area (Å²) in [6.45, 7) is 6.26. The van der Waals surface area contributed by atoms with E-state index in [0.29, 0.717) is 0 Å². The molecule has 1 heterocycles. The Balaban J connectivity index is 2.49. The summed E-state index contributed by atoms with van der Waals surface area (Å²) in [6, 6.07) is 4.12. The smallest absolute Gasteiger partial charge is 0.228 e. The maximum Gasteiger partial charge on any atom is 0.228 e. The molecule has 6 heteroatoms. The van der Waals surface area contributed by atoms with Gasteiger partial charge in [-0.1, -0.05) is 31.5 Å². The third-order valence-corrected chi connectivity index (χ3v) is 5.24. The summed E-state index contributed by atoms with van der Waals surface area (Å²) < 4.78 is 23.0. The first-order valence-electron chi connectivity index (χ1n) is 7.22. The van der Waals surface area contributed by atoms with Crippen LogP contribution >= 0.6 is 0 Å². The van der Waals surface area contributed by atoms with E-state index in [-0.39, 0.29) is 18.9 Å². The second kappa shape index (κ2) is 5.77. The van der Waals surface area contributed by atoms with Gasteiger partial charge in [-0.05, 0) is 30.9 Å². The topological polar surface area (TPSA) is 80.5 Å². The Labute approximate surface area is 126 Å². The Morgan fingerprint density at radius 3 is 2.14 bits per heavy atom. The number of amides is 1. The number of benzene rings is 1. The van der Waals surface area contributed by atoms with Crippen LogP contribution in [0.2, 0.25) is 0 Å². The van der Waals surface area contributed by atoms with Crippen molar-refractivity contribution in [1.82, 2.24) is 0 Å². The molecule has 0 bridgehead atoms. The highest BCUT2D eigenvalue weighted by Gasteiger charge is 2.38. The number of aryl methyl sites for hydroxylation is 3. The number of rotatable bonds is 4. The predicted octanol–water partition coefficient (Wildman–Crippen LogP) is 1.51. The number of carbonyl (C=O) groups excluding carboxylic acids is 1.